The largest absolute Gasteiger partial charge is 0.421 e. The van der Waals surface area contributed by atoms with Crippen LogP contribution in [0.25, 0.3) is 0 Å². The van der Waals surface area contributed by atoms with E-state index in [1.165, 1.54) is 5.56 Å². The minimum atomic E-state index is -3.92. The molecule has 0 saturated heterocycles. The molecule has 4 heteroatoms. The molecule has 0 aliphatic heterocycles. The lowest BCUT2D eigenvalue weighted by Crippen LogP contribution is -2.15. The van der Waals surface area contributed by atoms with Crippen LogP contribution < -0.4 is 9.83 Å². The summed E-state index contributed by atoms with van der Waals surface area (Å²) in [6.07, 6.45) is 5.50. The van der Waals surface area contributed by atoms with Gasteiger partial charge >= 0.3 is 7.60 Å². The van der Waals surface area contributed by atoms with Gasteiger partial charge < -0.3 is 9.42 Å². The van der Waals surface area contributed by atoms with Crippen LogP contribution in [0.2, 0.25) is 0 Å². The average molecular weight is 360 g/mol. The fourth-order valence-electron chi connectivity index (χ4n) is 3.18. The Kier molecular flexibility index (Phi) is 7.28. The molecule has 0 aliphatic carbocycles. The number of hydrogen-bond acceptors (Lipinski definition) is 2. The lowest BCUT2D eigenvalue weighted by molar-refractivity contribution is 0.391. The summed E-state index contributed by atoms with van der Waals surface area (Å²) >= 11 is 0. The first-order chi connectivity index (χ1) is 12.0. The molecular weight excluding hydrogens is 331 g/mol. The first kappa shape index (κ1) is 19.8. The topological polar surface area (TPSA) is 46.5 Å². The predicted molar refractivity (Wildman–Crippen MR) is 105 cm³/mol. The van der Waals surface area contributed by atoms with Crippen molar-refractivity contribution in [1.82, 2.24) is 0 Å². The predicted octanol–water partition coefficient (Wildman–Crippen LogP) is 5.43. The molecule has 2 rings (SSSR count). The second kappa shape index (κ2) is 9.22. The van der Waals surface area contributed by atoms with Crippen molar-refractivity contribution >= 4 is 12.9 Å². The van der Waals surface area contributed by atoms with Crippen LogP contribution in [0.1, 0.15) is 56.7 Å². The third kappa shape index (κ3) is 4.96. The van der Waals surface area contributed by atoms with E-state index in [-0.39, 0.29) is 0 Å². The summed E-state index contributed by atoms with van der Waals surface area (Å²) in [5, 5.41) is 0.417. The molecule has 2 aromatic carbocycles. The summed E-state index contributed by atoms with van der Waals surface area (Å²) in [5.41, 5.74) is 3.16. The molecule has 0 aliphatic rings. The van der Waals surface area contributed by atoms with Crippen molar-refractivity contribution in [3.05, 3.63) is 59.2 Å². The van der Waals surface area contributed by atoms with Gasteiger partial charge in [-0.05, 0) is 48.1 Å². The zero-order valence-electron chi connectivity index (χ0n) is 15.5. The van der Waals surface area contributed by atoms with Gasteiger partial charge in [-0.1, -0.05) is 70.4 Å². The highest BCUT2D eigenvalue weighted by Gasteiger charge is 2.28. The van der Waals surface area contributed by atoms with Gasteiger partial charge in [-0.15, -0.1) is 0 Å². The van der Waals surface area contributed by atoms with Crippen LogP contribution in [0.4, 0.5) is 0 Å². The minimum absolute atomic E-state index is 0.417. The Balaban J connectivity index is 2.41. The van der Waals surface area contributed by atoms with E-state index >= 15 is 0 Å². The highest BCUT2D eigenvalue weighted by molar-refractivity contribution is 7.61. The van der Waals surface area contributed by atoms with Crippen molar-refractivity contribution in [3.63, 3.8) is 0 Å². The normalized spacial score (nSPS) is 13.4. The van der Waals surface area contributed by atoms with Crippen LogP contribution in [-0.4, -0.2) is 4.89 Å². The maximum Gasteiger partial charge on any atom is 0.408 e. The van der Waals surface area contributed by atoms with Crippen LogP contribution in [0.15, 0.2) is 42.5 Å². The number of hydrogen-bond donors (Lipinski definition) is 1. The van der Waals surface area contributed by atoms with Crippen LogP contribution in [-0.2, 0) is 23.8 Å². The first-order valence-corrected chi connectivity index (χ1v) is 10.8. The second-order valence-electron chi connectivity index (χ2n) is 6.38. The monoisotopic (exact) mass is 360 g/mol. The Morgan fingerprint density at radius 3 is 2.12 bits per heavy atom. The lowest BCUT2D eigenvalue weighted by Gasteiger charge is -2.20. The minimum Gasteiger partial charge on any atom is -0.421 e. The van der Waals surface area contributed by atoms with Gasteiger partial charge in [0.1, 0.15) is 5.75 Å². The molecule has 0 saturated carbocycles. The van der Waals surface area contributed by atoms with Gasteiger partial charge in [0.25, 0.3) is 0 Å². The molecule has 1 unspecified atom stereocenters. The zero-order valence-corrected chi connectivity index (χ0v) is 16.4. The lowest BCUT2D eigenvalue weighted by atomic mass is 9.99. The van der Waals surface area contributed by atoms with Crippen molar-refractivity contribution < 1.29 is 14.0 Å². The van der Waals surface area contributed by atoms with Crippen molar-refractivity contribution in [2.45, 2.75) is 59.3 Å². The maximum absolute atomic E-state index is 13.0. The van der Waals surface area contributed by atoms with Gasteiger partial charge in [-0.2, -0.15) is 0 Å². The standard InChI is InChI=1S/C21H29O3P/c1-4-10-17-14-9-15-20(19(17)12-6-3)24-25(22,23)21-16-8-7-13-18(21)11-5-2/h7-9,13-16H,4-6,10-12H2,1-3H3,(H,22,23). The van der Waals surface area contributed by atoms with E-state index in [1.807, 2.05) is 24.3 Å². The molecule has 0 radical (unpaired) electrons. The molecule has 1 atom stereocenters. The van der Waals surface area contributed by atoms with E-state index in [4.69, 9.17) is 4.52 Å². The van der Waals surface area contributed by atoms with E-state index in [0.717, 1.165) is 49.7 Å². The summed E-state index contributed by atoms with van der Waals surface area (Å²) in [7, 11) is -3.92. The Labute approximate surface area is 151 Å². The summed E-state index contributed by atoms with van der Waals surface area (Å²) in [4.78, 5) is 10.7. The Hall–Kier alpha value is -1.57. The molecule has 2 aromatic rings. The average Bonchev–Trinajstić information content (AvgIpc) is 2.58. The smallest absolute Gasteiger partial charge is 0.408 e. The van der Waals surface area contributed by atoms with Gasteiger partial charge in [0.05, 0.1) is 5.30 Å². The first-order valence-electron chi connectivity index (χ1n) is 9.25. The van der Waals surface area contributed by atoms with Crippen LogP contribution in [0.5, 0.6) is 5.75 Å². The fraction of sp³-hybridized carbons (Fsp3) is 0.429. The SMILES string of the molecule is CCCc1ccccc1P(=O)(O)Oc1cccc(CCC)c1CCC. The molecule has 1 N–H and O–H groups in total. The summed E-state index contributed by atoms with van der Waals surface area (Å²) in [6.45, 7) is 6.32. The van der Waals surface area contributed by atoms with E-state index < -0.39 is 7.60 Å². The Morgan fingerprint density at radius 2 is 1.44 bits per heavy atom. The van der Waals surface area contributed by atoms with E-state index in [1.54, 1.807) is 12.1 Å². The molecule has 0 bridgehead atoms. The van der Waals surface area contributed by atoms with Gasteiger partial charge in [-0.25, -0.2) is 4.57 Å². The van der Waals surface area contributed by atoms with Crippen molar-refractivity contribution in [3.8, 4) is 5.75 Å². The van der Waals surface area contributed by atoms with Crippen LogP contribution in [0.3, 0.4) is 0 Å². The Morgan fingerprint density at radius 1 is 0.840 bits per heavy atom. The molecule has 0 spiro atoms. The third-order valence-corrected chi connectivity index (χ3v) is 5.78. The highest BCUT2D eigenvalue weighted by Crippen LogP contribution is 2.44. The maximum atomic E-state index is 13.0. The summed E-state index contributed by atoms with van der Waals surface area (Å²) < 4.78 is 18.8. The molecule has 136 valence electrons. The Bertz CT molecular complexity index is 740. The molecule has 0 amide bonds. The van der Waals surface area contributed by atoms with Gasteiger partial charge in [0, 0.05) is 0 Å². The fourth-order valence-corrected chi connectivity index (χ4v) is 4.54. The van der Waals surface area contributed by atoms with E-state index in [0.29, 0.717) is 11.1 Å². The van der Waals surface area contributed by atoms with Gasteiger partial charge in [-0.3, -0.25) is 0 Å². The van der Waals surface area contributed by atoms with E-state index in [2.05, 4.69) is 26.8 Å². The summed E-state index contributed by atoms with van der Waals surface area (Å²) in [6, 6.07) is 13.1. The molecule has 25 heavy (non-hydrogen) atoms. The number of benzene rings is 2. The summed E-state index contributed by atoms with van der Waals surface area (Å²) in [5.74, 6) is 0.546. The van der Waals surface area contributed by atoms with Crippen molar-refractivity contribution in [1.29, 1.82) is 0 Å². The number of aryl methyl sites for hydroxylation is 2. The second-order valence-corrected chi connectivity index (χ2v) is 8.09. The molecule has 3 nitrogen and oxygen atoms in total. The molecular formula is C21H29O3P. The highest BCUT2D eigenvalue weighted by atomic mass is 31.2. The van der Waals surface area contributed by atoms with E-state index in [9.17, 15) is 9.46 Å². The quantitative estimate of drug-likeness (QED) is 0.606. The zero-order chi connectivity index (χ0) is 18.3. The van der Waals surface area contributed by atoms with Crippen molar-refractivity contribution in [2.24, 2.45) is 0 Å². The van der Waals surface area contributed by atoms with Crippen LogP contribution in [0, 0.1) is 0 Å². The van der Waals surface area contributed by atoms with Gasteiger partial charge in [0.2, 0.25) is 0 Å². The third-order valence-electron chi connectivity index (χ3n) is 4.29. The molecule has 0 fully saturated rings. The number of rotatable bonds is 9. The molecule has 0 heterocycles. The van der Waals surface area contributed by atoms with Crippen LogP contribution >= 0.6 is 7.60 Å². The van der Waals surface area contributed by atoms with Crippen molar-refractivity contribution in [2.75, 3.05) is 0 Å². The van der Waals surface area contributed by atoms with Gasteiger partial charge in [0.15, 0.2) is 0 Å². The molecule has 0 aromatic heterocycles.